The van der Waals surface area contributed by atoms with E-state index in [1.165, 1.54) is 64.9 Å². The summed E-state index contributed by atoms with van der Waals surface area (Å²) in [6.07, 6.45) is 20.6. The van der Waals surface area contributed by atoms with Crippen LogP contribution in [0.25, 0.3) is 0 Å². The Morgan fingerprint density at radius 2 is 1.32 bits per heavy atom. The highest BCUT2D eigenvalue weighted by molar-refractivity contribution is 5.68. The van der Waals surface area contributed by atoms with Crippen LogP contribution in [-0.4, -0.2) is 13.1 Å². The molecule has 0 fully saturated rings. The number of esters is 1. The average molecular weight is 311 g/mol. The summed E-state index contributed by atoms with van der Waals surface area (Å²) in [4.78, 5) is 10.9. The summed E-state index contributed by atoms with van der Waals surface area (Å²) < 4.78 is 4.62. The van der Waals surface area contributed by atoms with Gasteiger partial charge in [-0.15, -0.1) is 0 Å². The Morgan fingerprint density at radius 3 is 1.86 bits per heavy atom. The molecule has 0 N–H and O–H groups in total. The molecule has 0 aromatic heterocycles. The molecule has 0 aromatic rings. The van der Waals surface area contributed by atoms with Crippen LogP contribution >= 0.6 is 0 Å². The lowest BCUT2D eigenvalue weighted by Crippen LogP contribution is -1.98. The van der Waals surface area contributed by atoms with Crippen LogP contribution in [0.3, 0.4) is 0 Å². The largest absolute Gasteiger partial charge is 0.469 e. The fourth-order valence-electron chi connectivity index (χ4n) is 2.57. The maximum atomic E-state index is 10.9. The van der Waals surface area contributed by atoms with E-state index in [2.05, 4.69) is 30.7 Å². The second kappa shape index (κ2) is 16.6. The molecule has 0 spiro atoms. The van der Waals surface area contributed by atoms with Crippen LogP contribution in [0, 0.1) is 5.92 Å². The predicted molar refractivity (Wildman–Crippen MR) is 96.0 cm³/mol. The molecule has 0 aliphatic heterocycles. The lowest BCUT2D eigenvalue weighted by Gasteiger charge is -2.04. The number of hydrogen-bond donors (Lipinski definition) is 0. The third-order valence-electron chi connectivity index (χ3n) is 4.05. The minimum absolute atomic E-state index is 0.0896. The van der Waals surface area contributed by atoms with Crippen LogP contribution in [0.5, 0.6) is 0 Å². The van der Waals surface area contributed by atoms with E-state index in [1.807, 2.05) is 0 Å². The number of methoxy groups -OCH3 is 1. The number of unbranched alkanes of at least 4 members (excludes halogenated alkanes) is 9. The highest BCUT2D eigenvalue weighted by Gasteiger charge is 1.97. The number of ether oxygens (including phenoxy) is 1. The van der Waals surface area contributed by atoms with Gasteiger partial charge in [-0.1, -0.05) is 70.9 Å². The molecule has 2 nitrogen and oxygen atoms in total. The molecule has 0 aromatic carbocycles. The van der Waals surface area contributed by atoms with Crippen LogP contribution in [0.1, 0.15) is 97.3 Å². The van der Waals surface area contributed by atoms with Gasteiger partial charge in [0.1, 0.15) is 0 Å². The topological polar surface area (TPSA) is 26.3 Å². The van der Waals surface area contributed by atoms with Crippen molar-refractivity contribution in [3.05, 3.63) is 12.2 Å². The van der Waals surface area contributed by atoms with E-state index in [0.29, 0.717) is 6.42 Å². The molecule has 130 valence electrons. The van der Waals surface area contributed by atoms with E-state index in [-0.39, 0.29) is 5.97 Å². The molecule has 0 rings (SSSR count). The Bertz CT molecular complexity index is 269. The summed E-state index contributed by atoms with van der Waals surface area (Å²) in [5.41, 5.74) is 0. The lowest BCUT2D eigenvalue weighted by molar-refractivity contribution is -0.140. The van der Waals surface area contributed by atoms with Crippen molar-refractivity contribution in [3.8, 4) is 0 Å². The third kappa shape index (κ3) is 17.3. The Hall–Kier alpha value is -0.790. The zero-order valence-electron chi connectivity index (χ0n) is 15.2. The van der Waals surface area contributed by atoms with Crippen molar-refractivity contribution in [2.75, 3.05) is 7.11 Å². The van der Waals surface area contributed by atoms with Gasteiger partial charge in [0.25, 0.3) is 0 Å². The van der Waals surface area contributed by atoms with Crippen molar-refractivity contribution in [1.82, 2.24) is 0 Å². The Morgan fingerprint density at radius 1 is 0.818 bits per heavy atom. The number of hydrogen-bond acceptors (Lipinski definition) is 2. The van der Waals surface area contributed by atoms with Crippen LogP contribution in [0.2, 0.25) is 0 Å². The van der Waals surface area contributed by atoms with Crippen LogP contribution in [0.15, 0.2) is 12.2 Å². The predicted octanol–water partition coefficient (Wildman–Crippen LogP) is 6.44. The first-order valence-electron chi connectivity index (χ1n) is 9.38. The maximum absolute atomic E-state index is 10.9. The molecule has 0 atom stereocenters. The van der Waals surface area contributed by atoms with Crippen molar-refractivity contribution in [1.29, 1.82) is 0 Å². The SMILES string of the molecule is COC(=O)CCCC/C=C\CCCCCCCCCC(C)C. The van der Waals surface area contributed by atoms with E-state index >= 15 is 0 Å². The number of carbonyl (C=O) groups excluding carboxylic acids is 1. The molecule has 0 aliphatic carbocycles. The van der Waals surface area contributed by atoms with E-state index < -0.39 is 0 Å². The van der Waals surface area contributed by atoms with E-state index in [0.717, 1.165) is 25.2 Å². The van der Waals surface area contributed by atoms with Crippen LogP contribution < -0.4 is 0 Å². The van der Waals surface area contributed by atoms with Crippen LogP contribution in [-0.2, 0) is 9.53 Å². The molecule has 22 heavy (non-hydrogen) atoms. The van der Waals surface area contributed by atoms with E-state index in [1.54, 1.807) is 0 Å². The minimum Gasteiger partial charge on any atom is -0.469 e. The minimum atomic E-state index is -0.0896. The van der Waals surface area contributed by atoms with Crippen molar-refractivity contribution in [3.63, 3.8) is 0 Å². The van der Waals surface area contributed by atoms with E-state index in [4.69, 9.17) is 0 Å². The zero-order valence-corrected chi connectivity index (χ0v) is 15.2. The summed E-state index contributed by atoms with van der Waals surface area (Å²) in [7, 11) is 1.45. The second-order valence-electron chi connectivity index (χ2n) is 6.74. The maximum Gasteiger partial charge on any atom is 0.305 e. The zero-order chi connectivity index (χ0) is 16.5. The lowest BCUT2D eigenvalue weighted by atomic mass is 10.0. The molecule has 0 amide bonds. The van der Waals surface area contributed by atoms with Gasteiger partial charge < -0.3 is 4.74 Å². The molecule has 0 unspecified atom stereocenters. The highest BCUT2D eigenvalue weighted by Crippen LogP contribution is 2.12. The average Bonchev–Trinajstić information content (AvgIpc) is 2.50. The molecule has 0 saturated carbocycles. The molecular formula is C20H38O2. The first-order valence-corrected chi connectivity index (χ1v) is 9.38. The fraction of sp³-hybridized carbons (Fsp3) is 0.850. The normalized spacial score (nSPS) is 11.5. The molecular weight excluding hydrogens is 272 g/mol. The summed E-state index contributed by atoms with van der Waals surface area (Å²) in [5.74, 6) is 0.778. The van der Waals surface area contributed by atoms with Crippen molar-refractivity contribution in [2.24, 2.45) is 5.92 Å². The van der Waals surface area contributed by atoms with Crippen molar-refractivity contribution < 1.29 is 9.53 Å². The molecule has 0 heterocycles. The van der Waals surface area contributed by atoms with Crippen molar-refractivity contribution >= 4 is 5.97 Å². The smallest absolute Gasteiger partial charge is 0.305 e. The van der Waals surface area contributed by atoms with Gasteiger partial charge >= 0.3 is 5.97 Å². The quantitative estimate of drug-likeness (QED) is 0.197. The molecule has 0 aliphatic rings. The standard InChI is InChI=1S/C20H38O2/c1-19(2)17-15-13-11-9-7-5-4-6-8-10-12-14-16-18-20(21)22-3/h8,10,19H,4-7,9,11-18H2,1-3H3/b10-8-. The molecule has 0 bridgehead atoms. The fourth-order valence-corrected chi connectivity index (χ4v) is 2.57. The number of rotatable bonds is 15. The number of carbonyl (C=O) groups is 1. The summed E-state index contributed by atoms with van der Waals surface area (Å²) in [6, 6.07) is 0. The third-order valence-corrected chi connectivity index (χ3v) is 4.05. The van der Waals surface area contributed by atoms with Gasteiger partial charge in [0.15, 0.2) is 0 Å². The summed E-state index contributed by atoms with van der Waals surface area (Å²) in [6.45, 7) is 4.62. The first kappa shape index (κ1) is 21.2. The van der Waals surface area contributed by atoms with Gasteiger partial charge in [-0.25, -0.2) is 0 Å². The first-order chi connectivity index (χ1) is 10.7. The monoisotopic (exact) mass is 310 g/mol. The number of allylic oxidation sites excluding steroid dienone is 2. The Balaban J connectivity index is 3.13. The van der Waals surface area contributed by atoms with Gasteiger partial charge in [0, 0.05) is 6.42 Å². The van der Waals surface area contributed by atoms with Crippen molar-refractivity contribution in [2.45, 2.75) is 97.3 Å². The summed E-state index contributed by atoms with van der Waals surface area (Å²) >= 11 is 0. The van der Waals surface area contributed by atoms with Crippen LogP contribution in [0.4, 0.5) is 0 Å². The molecule has 2 heteroatoms. The highest BCUT2D eigenvalue weighted by atomic mass is 16.5. The Labute approximate surface area is 138 Å². The van der Waals surface area contributed by atoms with Gasteiger partial charge in [-0.05, 0) is 38.0 Å². The molecule has 0 radical (unpaired) electrons. The Kier molecular flexibility index (Phi) is 16.0. The summed E-state index contributed by atoms with van der Waals surface area (Å²) in [5, 5.41) is 0. The van der Waals surface area contributed by atoms with Gasteiger partial charge in [-0.2, -0.15) is 0 Å². The van der Waals surface area contributed by atoms with Gasteiger partial charge in [-0.3, -0.25) is 4.79 Å². The molecule has 0 saturated heterocycles. The van der Waals surface area contributed by atoms with E-state index in [9.17, 15) is 4.79 Å². The second-order valence-corrected chi connectivity index (χ2v) is 6.74. The van der Waals surface area contributed by atoms with Gasteiger partial charge in [0.2, 0.25) is 0 Å². The van der Waals surface area contributed by atoms with Gasteiger partial charge in [0.05, 0.1) is 7.11 Å².